The monoisotopic (exact) mass is 237 g/mol. The molecule has 66 valence electrons. The molecule has 2 nitrogen and oxygen atoms in total. The molecular formula is C10H8BrNO. The van der Waals surface area contributed by atoms with Crippen molar-refractivity contribution in [3.8, 4) is 0 Å². The number of nitrogens with zero attached hydrogens (tertiary/aromatic N) is 1. The maximum atomic E-state index is 9.87. The molecule has 13 heavy (non-hydrogen) atoms. The van der Waals surface area contributed by atoms with Crippen molar-refractivity contribution in [2.45, 2.75) is 0 Å². The van der Waals surface area contributed by atoms with Crippen LogP contribution in [0.15, 0.2) is 40.3 Å². The Morgan fingerprint density at radius 2 is 2.38 bits per heavy atom. The van der Waals surface area contributed by atoms with E-state index in [-0.39, 0.29) is 0 Å². The minimum Gasteiger partial charge on any atom is -0.211 e. The summed E-state index contributed by atoms with van der Waals surface area (Å²) < 4.78 is 0.987. The summed E-state index contributed by atoms with van der Waals surface area (Å²) in [5, 5.41) is 0. The zero-order chi connectivity index (χ0) is 9.68. The van der Waals surface area contributed by atoms with Crippen LogP contribution in [-0.4, -0.2) is 12.6 Å². The summed E-state index contributed by atoms with van der Waals surface area (Å²) >= 11 is 3.35. The van der Waals surface area contributed by atoms with Crippen LogP contribution in [0.4, 0.5) is 0 Å². The zero-order valence-corrected chi connectivity index (χ0v) is 8.54. The molecule has 0 unspecified atom stereocenters. The molecule has 0 aliphatic heterocycles. The van der Waals surface area contributed by atoms with Crippen molar-refractivity contribution in [2.24, 2.45) is 4.99 Å². The average molecular weight is 238 g/mol. The Morgan fingerprint density at radius 1 is 1.62 bits per heavy atom. The first-order valence-electron chi connectivity index (χ1n) is 3.71. The minimum absolute atomic E-state index is 0.306. The molecule has 0 atom stereocenters. The summed E-state index contributed by atoms with van der Waals surface area (Å²) in [6.07, 6.45) is 1.49. The van der Waals surface area contributed by atoms with E-state index >= 15 is 0 Å². The minimum atomic E-state index is 0.306. The van der Waals surface area contributed by atoms with E-state index in [0.29, 0.717) is 6.54 Å². The Bertz CT molecular complexity index is 367. The van der Waals surface area contributed by atoms with Crippen LogP contribution in [0.2, 0.25) is 0 Å². The lowest BCUT2D eigenvalue weighted by Crippen LogP contribution is -1.86. The van der Waals surface area contributed by atoms with Gasteiger partial charge in [0.1, 0.15) is 0 Å². The first-order chi connectivity index (χ1) is 6.24. The van der Waals surface area contributed by atoms with Crippen molar-refractivity contribution in [1.29, 1.82) is 0 Å². The Hall–Kier alpha value is -1.18. The number of hydrogen-bond donors (Lipinski definition) is 0. The molecule has 3 heteroatoms. The predicted octanol–water partition coefficient (Wildman–Crippen LogP) is 2.80. The maximum absolute atomic E-state index is 9.87. The number of aliphatic imine (C=N–C) groups is 1. The molecule has 1 aromatic carbocycles. The van der Waals surface area contributed by atoms with Crippen molar-refractivity contribution >= 4 is 27.6 Å². The largest absolute Gasteiger partial charge is 0.235 e. The molecule has 0 aliphatic rings. The Labute approximate surface area is 85.1 Å². The fourth-order valence-corrected chi connectivity index (χ4v) is 1.33. The molecule has 0 radical (unpaired) electrons. The van der Waals surface area contributed by atoms with E-state index in [4.69, 9.17) is 0 Å². The van der Waals surface area contributed by atoms with Crippen LogP contribution in [0.5, 0.6) is 0 Å². The summed E-state index contributed by atoms with van der Waals surface area (Å²) in [7, 11) is 0. The molecule has 0 aliphatic carbocycles. The maximum Gasteiger partial charge on any atom is 0.235 e. The smallest absolute Gasteiger partial charge is 0.211 e. The number of carbonyl (C=O) groups excluding carboxylic acids is 1. The van der Waals surface area contributed by atoms with Gasteiger partial charge in [-0.25, -0.2) is 9.79 Å². The van der Waals surface area contributed by atoms with Crippen LogP contribution < -0.4 is 0 Å². The van der Waals surface area contributed by atoms with Crippen LogP contribution in [0.1, 0.15) is 5.56 Å². The Balaban J connectivity index is 2.82. The molecule has 0 heterocycles. The van der Waals surface area contributed by atoms with Gasteiger partial charge in [0.15, 0.2) is 0 Å². The molecule has 0 aromatic heterocycles. The summed E-state index contributed by atoms with van der Waals surface area (Å²) in [4.78, 5) is 13.3. The highest BCUT2D eigenvalue weighted by atomic mass is 79.9. The second-order valence-corrected chi connectivity index (χ2v) is 3.44. The van der Waals surface area contributed by atoms with E-state index < -0.39 is 0 Å². The van der Waals surface area contributed by atoms with Crippen LogP contribution in [-0.2, 0) is 4.79 Å². The van der Waals surface area contributed by atoms with Crippen LogP contribution >= 0.6 is 15.9 Å². The van der Waals surface area contributed by atoms with E-state index in [1.807, 2.05) is 24.3 Å². The van der Waals surface area contributed by atoms with E-state index in [1.165, 1.54) is 6.08 Å². The van der Waals surface area contributed by atoms with Gasteiger partial charge in [-0.2, -0.15) is 0 Å². The number of hydrogen-bond acceptors (Lipinski definition) is 2. The summed E-state index contributed by atoms with van der Waals surface area (Å²) in [6.45, 7) is 4.12. The molecule has 0 bridgehead atoms. The van der Waals surface area contributed by atoms with Crippen LogP contribution in [0.25, 0.3) is 5.57 Å². The van der Waals surface area contributed by atoms with Gasteiger partial charge in [-0.3, -0.25) is 0 Å². The van der Waals surface area contributed by atoms with Crippen molar-refractivity contribution in [3.63, 3.8) is 0 Å². The summed E-state index contributed by atoms with van der Waals surface area (Å²) in [5.41, 5.74) is 1.79. The molecule has 0 amide bonds. The second-order valence-electron chi connectivity index (χ2n) is 2.52. The zero-order valence-electron chi connectivity index (χ0n) is 6.96. The SMILES string of the molecule is C=C(CN=C=O)c1cccc(Br)c1. The normalized spacial score (nSPS) is 9.00. The van der Waals surface area contributed by atoms with Gasteiger partial charge in [-0.1, -0.05) is 34.6 Å². The van der Waals surface area contributed by atoms with Gasteiger partial charge in [0.25, 0.3) is 0 Å². The summed E-state index contributed by atoms with van der Waals surface area (Å²) in [6, 6.07) is 7.70. The van der Waals surface area contributed by atoms with Gasteiger partial charge >= 0.3 is 0 Å². The Morgan fingerprint density at radius 3 is 3.00 bits per heavy atom. The molecule has 0 fully saturated rings. The fraction of sp³-hybridized carbons (Fsp3) is 0.100. The van der Waals surface area contributed by atoms with Crippen molar-refractivity contribution in [1.82, 2.24) is 0 Å². The molecule has 0 saturated heterocycles. The lowest BCUT2D eigenvalue weighted by Gasteiger charge is -2.01. The number of halogens is 1. The van der Waals surface area contributed by atoms with Gasteiger partial charge in [0.2, 0.25) is 6.08 Å². The van der Waals surface area contributed by atoms with Crippen molar-refractivity contribution in [3.05, 3.63) is 40.9 Å². The van der Waals surface area contributed by atoms with Gasteiger partial charge < -0.3 is 0 Å². The molecular weight excluding hydrogens is 230 g/mol. The van der Waals surface area contributed by atoms with Gasteiger partial charge in [-0.05, 0) is 23.3 Å². The third-order valence-corrected chi connectivity index (χ3v) is 2.06. The highest BCUT2D eigenvalue weighted by Gasteiger charge is 1.97. The van der Waals surface area contributed by atoms with E-state index in [1.54, 1.807) is 0 Å². The first-order valence-corrected chi connectivity index (χ1v) is 4.50. The van der Waals surface area contributed by atoms with Gasteiger partial charge in [0.05, 0.1) is 6.54 Å². The van der Waals surface area contributed by atoms with Gasteiger partial charge in [-0.15, -0.1) is 0 Å². The standard InChI is InChI=1S/C10H8BrNO/c1-8(6-12-7-13)9-3-2-4-10(11)5-9/h2-5H,1,6H2. The molecule has 1 aromatic rings. The number of benzene rings is 1. The van der Waals surface area contributed by atoms with E-state index in [9.17, 15) is 4.79 Å². The number of rotatable bonds is 3. The predicted molar refractivity (Wildman–Crippen MR) is 56.2 cm³/mol. The second kappa shape index (κ2) is 4.75. The van der Waals surface area contributed by atoms with Crippen LogP contribution in [0.3, 0.4) is 0 Å². The average Bonchev–Trinajstić information content (AvgIpc) is 2.14. The first kappa shape index (κ1) is 9.90. The highest BCUT2D eigenvalue weighted by molar-refractivity contribution is 9.10. The third-order valence-electron chi connectivity index (χ3n) is 1.57. The molecule has 0 saturated carbocycles. The third kappa shape index (κ3) is 2.98. The van der Waals surface area contributed by atoms with Crippen LogP contribution in [0, 0.1) is 0 Å². The van der Waals surface area contributed by atoms with Gasteiger partial charge in [0, 0.05) is 4.47 Å². The quantitative estimate of drug-likeness (QED) is 0.588. The molecule has 0 spiro atoms. The van der Waals surface area contributed by atoms with Crippen molar-refractivity contribution < 1.29 is 4.79 Å². The van der Waals surface area contributed by atoms with E-state index in [0.717, 1.165) is 15.6 Å². The fourth-order valence-electron chi connectivity index (χ4n) is 0.927. The number of isocyanates is 1. The van der Waals surface area contributed by atoms with E-state index in [2.05, 4.69) is 27.5 Å². The molecule has 0 N–H and O–H groups in total. The molecule has 1 rings (SSSR count). The summed E-state index contributed by atoms with van der Waals surface area (Å²) in [5.74, 6) is 0. The lowest BCUT2D eigenvalue weighted by molar-refractivity contribution is 0.564. The van der Waals surface area contributed by atoms with Crippen molar-refractivity contribution in [2.75, 3.05) is 6.54 Å². The topological polar surface area (TPSA) is 29.4 Å². The Kier molecular flexibility index (Phi) is 3.62. The lowest BCUT2D eigenvalue weighted by atomic mass is 10.1. The highest BCUT2D eigenvalue weighted by Crippen LogP contribution is 2.17.